The number of hydrogen-bond acceptors (Lipinski definition) is 4. The van der Waals surface area contributed by atoms with Crippen LogP contribution in [-0.2, 0) is 15.0 Å². The zero-order valence-corrected chi connectivity index (χ0v) is 20.1. The van der Waals surface area contributed by atoms with E-state index in [1.54, 1.807) is 31.4 Å². The standard InChI is InChI=1S/C29H29NO4/c1-18-10-9-11-19(16-18)25-24(27(32)28(33)30(25)21-12-7-6-8-13-21)26(31)20-14-15-23(34-5)22(17-20)29(2,3)4/h6-17,25,31H,1-5H3/b26-24-. The summed E-state index contributed by atoms with van der Waals surface area (Å²) in [5, 5.41) is 11.5. The lowest BCUT2D eigenvalue weighted by Crippen LogP contribution is -2.29. The molecule has 34 heavy (non-hydrogen) atoms. The Morgan fingerprint density at radius 2 is 1.65 bits per heavy atom. The zero-order chi connectivity index (χ0) is 24.6. The Morgan fingerprint density at radius 3 is 2.26 bits per heavy atom. The number of ketones is 1. The highest BCUT2D eigenvalue weighted by Crippen LogP contribution is 2.43. The molecule has 1 unspecified atom stereocenters. The number of ether oxygens (including phenoxy) is 1. The number of methoxy groups -OCH3 is 1. The fourth-order valence-electron chi connectivity index (χ4n) is 4.44. The Labute approximate surface area is 200 Å². The Morgan fingerprint density at radius 1 is 0.941 bits per heavy atom. The quantitative estimate of drug-likeness (QED) is 0.301. The monoisotopic (exact) mass is 455 g/mol. The molecule has 0 spiro atoms. The van der Waals surface area contributed by atoms with Crippen molar-refractivity contribution >= 4 is 23.1 Å². The fraction of sp³-hybridized carbons (Fsp3) is 0.241. The molecule has 1 heterocycles. The van der Waals surface area contributed by atoms with Crippen LogP contribution in [0.1, 0.15) is 49.1 Å². The lowest BCUT2D eigenvalue weighted by molar-refractivity contribution is -0.132. The van der Waals surface area contributed by atoms with Gasteiger partial charge in [-0.25, -0.2) is 0 Å². The van der Waals surface area contributed by atoms with Gasteiger partial charge in [-0.2, -0.15) is 0 Å². The molecule has 1 aliphatic rings. The number of para-hydroxylation sites is 1. The number of Topliss-reactive ketones (excluding diaryl/α,β-unsaturated/α-hetero) is 1. The first-order valence-corrected chi connectivity index (χ1v) is 11.2. The third kappa shape index (κ3) is 4.10. The number of carbonyl (C=O) groups is 2. The van der Waals surface area contributed by atoms with Crippen molar-refractivity contribution in [3.8, 4) is 5.75 Å². The first kappa shape index (κ1) is 23.3. The maximum Gasteiger partial charge on any atom is 0.300 e. The molecule has 0 radical (unpaired) electrons. The Balaban J connectivity index is 1.96. The maximum absolute atomic E-state index is 13.3. The van der Waals surface area contributed by atoms with Crippen LogP contribution in [0.5, 0.6) is 5.75 Å². The van der Waals surface area contributed by atoms with Crippen molar-refractivity contribution in [1.29, 1.82) is 0 Å². The lowest BCUT2D eigenvalue weighted by atomic mass is 9.84. The second-order valence-corrected chi connectivity index (χ2v) is 9.58. The van der Waals surface area contributed by atoms with Crippen molar-refractivity contribution in [1.82, 2.24) is 0 Å². The summed E-state index contributed by atoms with van der Waals surface area (Å²) in [6.45, 7) is 8.11. The van der Waals surface area contributed by atoms with E-state index in [2.05, 4.69) is 20.8 Å². The van der Waals surface area contributed by atoms with Crippen LogP contribution in [-0.4, -0.2) is 23.9 Å². The molecule has 3 aromatic carbocycles. The van der Waals surface area contributed by atoms with Crippen LogP contribution in [0, 0.1) is 6.92 Å². The van der Waals surface area contributed by atoms with E-state index in [1.165, 1.54) is 4.90 Å². The van der Waals surface area contributed by atoms with Gasteiger partial charge in [0.2, 0.25) is 0 Å². The molecule has 1 saturated heterocycles. The van der Waals surface area contributed by atoms with E-state index in [0.717, 1.165) is 16.7 Å². The Hall–Kier alpha value is -3.86. The third-order valence-corrected chi connectivity index (χ3v) is 6.12. The summed E-state index contributed by atoms with van der Waals surface area (Å²) in [5.74, 6) is -0.870. The predicted octanol–water partition coefficient (Wildman–Crippen LogP) is 5.93. The molecule has 1 aliphatic heterocycles. The molecule has 1 amide bonds. The van der Waals surface area contributed by atoms with Crippen LogP contribution in [0.4, 0.5) is 5.69 Å². The molecule has 5 nitrogen and oxygen atoms in total. The van der Waals surface area contributed by atoms with Crippen LogP contribution >= 0.6 is 0 Å². The first-order valence-electron chi connectivity index (χ1n) is 11.2. The number of carbonyl (C=O) groups excluding carboxylic acids is 2. The highest BCUT2D eigenvalue weighted by molar-refractivity contribution is 6.51. The molecule has 1 fully saturated rings. The summed E-state index contributed by atoms with van der Waals surface area (Å²) in [6.07, 6.45) is 0. The van der Waals surface area contributed by atoms with E-state index in [4.69, 9.17) is 4.74 Å². The summed E-state index contributed by atoms with van der Waals surface area (Å²) >= 11 is 0. The van der Waals surface area contributed by atoms with Gasteiger partial charge in [0.1, 0.15) is 11.5 Å². The van der Waals surface area contributed by atoms with E-state index in [0.29, 0.717) is 17.0 Å². The molecule has 0 aliphatic carbocycles. The average Bonchev–Trinajstić information content (AvgIpc) is 3.08. The number of anilines is 1. The Kier molecular flexibility index (Phi) is 6.05. The minimum absolute atomic E-state index is 0.0736. The molecule has 5 heteroatoms. The van der Waals surface area contributed by atoms with Gasteiger partial charge in [0, 0.05) is 16.8 Å². The van der Waals surface area contributed by atoms with Gasteiger partial charge in [0.05, 0.1) is 18.7 Å². The van der Waals surface area contributed by atoms with Crippen molar-refractivity contribution in [2.45, 2.75) is 39.2 Å². The van der Waals surface area contributed by atoms with Gasteiger partial charge in [-0.3, -0.25) is 14.5 Å². The van der Waals surface area contributed by atoms with Crippen LogP contribution in [0.15, 0.2) is 78.4 Å². The zero-order valence-electron chi connectivity index (χ0n) is 20.1. The van der Waals surface area contributed by atoms with Crippen LogP contribution in [0.2, 0.25) is 0 Å². The molecule has 0 bridgehead atoms. The molecule has 3 aromatic rings. The van der Waals surface area contributed by atoms with Crippen molar-refractivity contribution in [2.75, 3.05) is 12.0 Å². The number of nitrogens with zero attached hydrogens (tertiary/aromatic N) is 1. The maximum atomic E-state index is 13.3. The average molecular weight is 456 g/mol. The first-order chi connectivity index (χ1) is 16.1. The summed E-state index contributed by atoms with van der Waals surface area (Å²) in [5.41, 5.74) is 3.53. The van der Waals surface area contributed by atoms with Gasteiger partial charge in [-0.05, 0) is 48.2 Å². The summed E-state index contributed by atoms with van der Waals surface area (Å²) < 4.78 is 5.52. The van der Waals surface area contributed by atoms with Gasteiger partial charge in [-0.1, -0.05) is 68.8 Å². The molecule has 4 rings (SSSR count). The Bertz CT molecular complexity index is 1280. The number of amides is 1. The van der Waals surface area contributed by atoms with Gasteiger partial charge >= 0.3 is 0 Å². The van der Waals surface area contributed by atoms with Crippen LogP contribution in [0.3, 0.4) is 0 Å². The topological polar surface area (TPSA) is 66.8 Å². The molecule has 1 N–H and O–H groups in total. The number of aliphatic hydroxyl groups excluding tert-OH is 1. The van der Waals surface area contributed by atoms with Gasteiger partial charge < -0.3 is 9.84 Å². The second-order valence-electron chi connectivity index (χ2n) is 9.58. The van der Waals surface area contributed by atoms with E-state index >= 15 is 0 Å². The van der Waals surface area contributed by atoms with Gasteiger partial charge in [-0.15, -0.1) is 0 Å². The van der Waals surface area contributed by atoms with E-state index in [-0.39, 0.29) is 16.7 Å². The number of rotatable bonds is 4. The normalized spacial score (nSPS) is 17.8. The minimum atomic E-state index is -0.748. The highest BCUT2D eigenvalue weighted by atomic mass is 16.5. The van der Waals surface area contributed by atoms with E-state index in [1.807, 2.05) is 55.5 Å². The number of aliphatic hydroxyl groups is 1. The molecule has 174 valence electrons. The number of aryl methyl sites for hydroxylation is 1. The summed E-state index contributed by atoms with van der Waals surface area (Å²) in [7, 11) is 1.60. The highest BCUT2D eigenvalue weighted by Gasteiger charge is 2.47. The van der Waals surface area contributed by atoms with Gasteiger partial charge in [0.15, 0.2) is 0 Å². The van der Waals surface area contributed by atoms with Crippen molar-refractivity contribution < 1.29 is 19.4 Å². The summed E-state index contributed by atoms with van der Waals surface area (Å²) in [6, 6.07) is 21.3. The number of hydrogen-bond donors (Lipinski definition) is 1. The number of benzene rings is 3. The summed E-state index contributed by atoms with van der Waals surface area (Å²) in [4.78, 5) is 28.1. The smallest absolute Gasteiger partial charge is 0.300 e. The van der Waals surface area contributed by atoms with E-state index < -0.39 is 17.7 Å². The molecule has 0 saturated carbocycles. The fourth-order valence-corrected chi connectivity index (χ4v) is 4.44. The second kappa shape index (κ2) is 8.82. The predicted molar refractivity (Wildman–Crippen MR) is 134 cm³/mol. The third-order valence-electron chi connectivity index (χ3n) is 6.12. The minimum Gasteiger partial charge on any atom is -0.507 e. The van der Waals surface area contributed by atoms with E-state index in [9.17, 15) is 14.7 Å². The SMILES string of the molecule is COc1ccc(/C(O)=C2/C(=O)C(=O)N(c3ccccc3)C2c2cccc(C)c2)cc1C(C)(C)C. The van der Waals surface area contributed by atoms with Crippen LogP contribution in [0.25, 0.3) is 5.76 Å². The molecule has 0 aromatic heterocycles. The lowest BCUT2D eigenvalue weighted by Gasteiger charge is -2.26. The van der Waals surface area contributed by atoms with Crippen molar-refractivity contribution in [2.24, 2.45) is 0 Å². The molecule has 1 atom stereocenters. The molecular weight excluding hydrogens is 426 g/mol. The largest absolute Gasteiger partial charge is 0.507 e. The molecular formula is C29H29NO4. The van der Waals surface area contributed by atoms with Crippen molar-refractivity contribution in [3.05, 3.63) is 101 Å². The van der Waals surface area contributed by atoms with Crippen LogP contribution < -0.4 is 9.64 Å². The van der Waals surface area contributed by atoms with Gasteiger partial charge in [0.25, 0.3) is 11.7 Å². The van der Waals surface area contributed by atoms with Crippen molar-refractivity contribution in [3.63, 3.8) is 0 Å².